The van der Waals surface area contributed by atoms with Crippen LogP contribution in [0.1, 0.15) is 29.0 Å². The highest BCUT2D eigenvalue weighted by atomic mass is 35.5. The molecule has 1 heterocycles. The van der Waals surface area contributed by atoms with Crippen LogP contribution in [0.3, 0.4) is 0 Å². The lowest BCUT2D eigenvalue weighted by Crippen LogP contribution is -2.27. The molecule has 0 aliphatic carbocycles. The fraction of sp³-hybridized carbons (Fsp3) is 0.118. The standard InChI is InChI=1S/C17H15ClFN5O/c1-10(11-2-6-13(19)7-3-11)20-17(25)15-16(23-24-22-15)21-14-8-4-12(18)5-9-14/h2-10H,1H3,(H,20,25)(H2,21,22,23,24). The maximum atomic E-state index is 13.0. The molecule has 2 aromatic carbocycles. The minimum Gasteiger partial charge on any atom is -0.344 e. The van der Waals surface area contributed by atoms with E-state index in [1.165, 1.54) is 12.1 Å². The van der Waals surface area contributed by atoms with Crippen molar-refractivity contribution in [3.63, 3.8) is 0 Å². The molecule has 0 aliphatic rings. The molecule has 0 radical (unpaired) electrons. The first-order valence-corrected chi connectivity index (χ1v) is 7.90. The van der Waals surface area contributed by atoms with Crippen LogP contribution in [0.25, 0.3) is 0 Å². The minimum atomic E-state index is -0.401. The molecule has 8 heteroatoms. The zero-order chi connectivity index (χ0) is 17.8. The summed E-state index contributed by atoms with van der Waals surface area (Å²) in [7, 11) is 0. The van der Waals surface area contributed by atoms with Gasteiger partial charge in [0.2, 0.25) is 0 Å². The Morgan fingerprint density at radius 2 is 1.80 bits per heavy atom. The second-order valence-corrected chi connectivity index (χ2v) is 5.84. The molecule has 3 aromatic rings. The Bertz CT molecular complexity index is 864. The Labute approximate surface area is 148 Å². The van der Waals surface area contributed by atoms with Gasteiger partial charge in [0, 0.05) is 10.7 Å². The van der Waals surface area contributed by atoms with Crippen LogP contribution in [0.2, 0.25) is 5.02 Å². The highest BCUT2D eigenvalue weighted by Crippen LogP contribution is 2.20. The van der Waals surface area contributed by atoms with E-state index in [4.69, 9.17) is 11.6 Å². The average molecular weight is 360 g/mol. The Balaban J connectivity index is 1.71. The van der Waals surface area contributed by atoms with Crippen molar-refractivity contribution < 1.29 is 9.18 Å². The predicted molar refractivity (Wildman–Crippen MR) is 93.4 cm³/mol. The van der Waals surface area contributed by atoms with Crippen LogP contribution in [0.15, 0.2) is 48.5 Å². The van der Waals surface area contributed by atoms with Crippen LogP contribution in [0.4, 0.5) is 15.9 Å². The molecule has 0 saturated carbocycles. The van der Waals surface area contributed by atoms with Crippen LogP contribution in [-0.4, -0.2) is 21.3 Å². The number of aromatic nitrogens is 3. The van der Waals surface area contributed by atoms with Gasteiger partial charge in [-0.05, 0) is 48.9 Å². The largest absolute Gasteiger partial charge is 0.344 e. The van der Waals surface area contributed by atoms with Gasteiger partial charge in [0.05, 0.1) is 6.04 Å². The summed E-state index contributed by atoms with van der Waals surface area (Å²) in [4.78, 5) is 12.5. The molecule has 0 saturated heterocycles. The second-order valence-electron chi connectivity index (χ2n) is 5.40. The summed E-state index contributed by atoms with van der Waals surface area (Å²) < 4.78 is 13.0. The number of hydrogen-bond donors (Lipinski definition) is 3. The third kappa shape index (κ3) is 4.13. The van der Waals surface area contributed by atoms with Gasteiger partial charge in [-0.3, -0.25) is 4.79 Å². The number of anilines is 2. The van der Waals surface area contributed by atoms with E-state index >= 15 is 0 Å². The summed E-state index contributed by atoms with van der Waals surface area (Å²) >= 11 is 5.85. The zero-order valence-electron chi connectivity index (χ0n) is 13.3. The maximum absolute atomic E-state index is 13.0. The molecule has 1 unspecified atom stereocenters. The van der Waals surface area contributed by atoms with Gasteiger partial charge in [-0.1, -0.05) is 23.7 Å². The number of hydrogen-bond acceptors (Lipinski definition) is 4. The van der Waals surface area contributed by atoms with E-state index in [9.17, 15) is 9.18 Å². The SMILES string of the molecule is CC(NC(=O)c1n[nH]nc1Nc1ccc(Cl)cc1)c1ccc(F)cc1. The van der Waals surface area contributed by atoms with Crippen LogP contribution in [0.5, 0.6) is 0 Å². The lowest BCUT2D eigenvalue weighted by Gasteiger charge is -2.14. The molecule has 0 fully saturated rings. The second kappa shape index (κ2) is 7.31. The molecule has 1 aromatic heterocycles. The number of halogens is 2. The Kier molecular flexibility index (Phi) is 4.95. The van der Waals surface area contributed by atoms with Gasteiger partial charge in [-0.2, -0.15) is 5.21 Å². The Morgan fingerprint density at radius 1 is 1.12 bits per heavy atom. The van der Waals surface area contributed by atoms with E-state index in [2.05, 4.69) is 26.0 Å². The summed E-state index contributed by atoms with van der Waals surface area (Å²) in [5, 5.41) is 16.7. The van der Waals surface area contributed by atoms with Gasteiger partial charge < -0.3 is 10.6 Å². The number of rotatable bonds is 5. The van der Waals surface area contributed by atoms with Crippen LogP contribution in [-0.2, 0) is 0 Å². The van der Waals surface area contributed by atoms with Crippen molar-refractivity contribution in [1.29, 1.82) is 0 Å². The first-order valence-electron chi connectivity index (χ1n) is 7.52. The van der Waals surface area contributed by atoms with Crippen LogP contribution in [0, 0.1) is 5.82 Å². The average Bonchev–Trinajstić information content (AvgIpc) is 3.05. The van der Waals surface area contributed by atoms with Gasteiger partial charge in [-0.25, -0.2) is 4.39 Å². The van der Waals surface area contributed by atoms with E-state index in [0.29, 0.717) is 10.8 Å². The summed E-state index contributed by atoms with van der Waals surface area (Å²) in [5.74, 6) is -0.429. The normalized spacial score (nSPS) is 11.8. The van der Waals surface area contributed by atoms with Crippen molar-refractivity contribution >= 4 is 29.0 Å². The molecule has 1 amide bonds. The van der Waals surface area contributed by atoms with E-state index in [0.717, 1.165) is 11.3 Å². The highest BCUT2D eigenvalue weighted by molar-refractivity contribution is 6.30. The van der Waals surface area contributed by atoms with Gasteiger partial charge >= 0.3 is 0 Å². The number of benzene rings is 2. The number of amides is 1. The predicted octanol–water partition coefficient (Wildman–Crippen LogP) is 3.83. The maximum Gasteiger partial charge on any atom is 0.276 e. The van der Waals surface area contributed by atoms with Crippen molar-refractivity contribution in [3.8, 4) is 0 Å². The van der Waals surface area contributed by atoms with Crippen molar-refractivity contribution in [2.45, 2.75) is 13.0 Å². The first-order chi connectivity index (χ1) is 12.0. The smallest absolute Gasteiger partial charge is 0.276 e. The van der Waals surface area contributed by atoms with Crippen molar-refractivity contribution in [2.24, 2.45) is 0 Å². The third-order valence-electron chi connectivity index (χ3n) is 3.59. The number of nitrogens with zero attached hydrogens (tertiary/aromatic N) is 2. The monoisotopic (exact) mass is 359 g/mol. The minimum absolute atomic E-state index is 0.129. The molecule has 0 bridgehead atoms. The number of H-pyrrole nitrogens is 1. The van der Waals surface area contributed by atoms with E-state index < -0.39 is 5.91 Å². The molecule has 0 spiro atoms. The Morgan fingerprint density at radius 3 is 2.48 bits per heavy atom. The number of carbonyl (C=O) groups excluding carboxylic acids is 1. The highest BCUT2D eigenvalue weighted by Gasteiger charge is 2.19. The quantitative estimate of drug-likeness (QED) is 0.646. The lowest BCUT2D eigenvalue weighted by atomic mass is 10.1. The molecule has 3 N–H and O–H groups in total. The molecule has 3 rings (SSSR count). The van der Waals surface area contributed by atoms with Gasteiger partial charge in [0.1, 0.15) is 5.82 Å². The first kappa shape index (κ1) is 16.9. The summed E-state index contributed by atoms with van der Waals surface area (Å²) in [6.45, 7) is 1.80. The number of nitrogens with one attached hydrogen (secondary N) is 3. The molecular weight excluding hydrogens is 345 g/mol. The van der Waals surface area contributed by atoms with Gasteiger partial charge in [0.15, 0.2) is 11.5 Å². The molecular formula is C17H15ClFN5O. The summed E-state index contributed by atoms with van der Waals surface area (Å²) in [6.07, 6.45) is 0. The lowest BCUT2D eigenvalue weighted by molar-refractivity contribution is 0.0935. The topological polar surface area (TPSA) is 82.7 Å². The van der Waals surface area contributed by atoms with E-state index in [1.807, 2.05) is 0 Å². The van der Waals surface area contributed by atoms with Crippen molar-refractivity contribution in [1.82, 2.24) is 20.7 Å². The van der Waals surface area contributed by atoms with Crippen molar-refractivity contribution in [2.75, 3.05) is 5.32 Å². The molecule has 1 atom stereocenters. The summed E-state index contributed by atoms with van der Waals surface area (Å²) in [6, 6.07) is 12.6. The summed E-state index contributed by atoms with van der Waals surface area (Å²) in [5.41, 5.74) is 1.63. The third-order valence-corrected chi connectivity index (χ3v) is 3.84. The molecule has 6 nitrogen and oxygen atoms in total. The molecule has 0 aliphatic heterocycles. The van der Waals surface area contributed by atoms with E-state index in [1.54, 1.807) is 43.3 Å². The zero-order valence-corrected chi connectivity index (χ0v) is 14.0. The van der Waals surface area contributed by atoms with Crippen LogP contribution < -0.4 is 10.6 Å². The molecule has 25 heavy (non-hydrogen) atoms. The fourth-order valence-electron chi connectivity index (χ4n) is 2.25. The number of carbonyl (C=O) groups is 1. The number of aromatic amines is 1. The van der Waals surface area contributed by atoms with Gasteiger partial charge in [-0.15, -0.1) is 10.2 Å². The Hall–Kier alpha value is -2.93. The van der Waals surface area contributed by atoms with Crippen LogP contribution >= 0.6 is 11.6 Å². The molecule has 128 valence electrons. The van der Waals surface area contributed by atoms with E-state index in [-0.39, 0.29) is 17.6 Å². The fourth-order valence-corrected chi connectivity index (χ4v) is 2.37. The van der Waals surface area contributed by atoms with Gasteiger partial charge in [0.25, 0.3) is 5.91 Å². The van der Waals surface area contributed by atoms with Crippen molar-refractivity contribution in [3.05, 3.63) is 70.6 Å².